The Balaban J connectivity index is 1.42. The van der Waals surface area contributed by atoms with Gasteiger partial charge in [-0.05, 0) is 48.7 Å². The number of carbonyl (C=O) groups is 1. The monoisotopic (exact) mass is 452 g/mol. The Bertz CT molecular complexity index is 1340. The lowest BCUT2D eigenvalue weighted by atomic mass is 10.0. The summed E-state index contributed by atoms with van der Waals surface area (Å²) in [6.07, 6.45) is 4.20. The molecular weight excluding hydrogens is 433 g/mol. The largest absolute Gasteiger partial charge is 0.334 e. The van der Waals surface area contributed by atoms with Crippen LogP contribution in [0.5, 0.6) is 0 Å². The molecule has 1 atom stereocenters. The number of nitrogens with one attached hydrogen (secondary N) is 1. The van der Waals surface area contributed by atoms with Gasteiger partial charge < -0.3 is 10.2 Å². The van der Waals surface area contributed by atoms with Crippen LogP contribution >= 0.6 is 0 Å². The third-order valence-corrected chi connectivity index (χ3v) is 5.66. The minimum atomic E-state index is -0.511. The van der Waals surface area contributed by atoms with Gasteiger partial charge in [0.1, 0.15) is 29.3 Å². The average molecular weight is 452 g/mol. The Kier molecular flexibility index (Phi) is 5.41. The summed E-state index contributed by atoms with van der Waals surface area (Å²) in [4.78, 5) is 27.6. The molecule has 7 nitrogen and oxygen atoms in total. The van der Waals surface area contributed by atoms with E-state index in [0.29, 0.717) is 30.0 Å². The number of fused-ring (bicyclic) bond motifs is 1. The van der Waals surface area contributed by atoms with Gasteiger partial charge in [0.25, 0.3) is 0 Å². The molecule has 1 N–H and O–H groups in total. The highest BCUT2D eigenvalue weighted by Crippen LogP contribution is 2.36. The number of benzene rings is 2. The van der Waals surface area contributed by atoms with E-state index >= 15 is 0 Å². The van der Waals surface area contributed by atoms with Crippen molar-refractivity contribution in [2.45, 2.75) is 25.4 Å². The van der Waals surface area contributed by atoms with Gasteiger partial charge in [-0.3, -0.25) is 0 Å². The van der Waals surface area contributed by atoms with Gasteiger partial charge in [0.05, 0.1) is 12.2 Å². The Morgan fingerprint density at radius 1 is 1.09 bits per heavy atom. The number of aromatic nitrogens is 4. The maximum Gasteiger partial charge on any atom is 0.328 e. The number of hydrogen-bond donors (Lipinski definition) is 1. The summed E-state index contributed by atoms with van der Waals surface area (Å²) in [7, 11) is 0. The number of carbonyl (C=O) groups excluding carboxylic acids is 1. The Hall–Kier alpha value is -3.95. The van der Waals surface area contributed by atoms with Gasteiger partial charge in [0, 0.05) is 18.7 Å². The van der Waals surface area contributed by atoms with Crippen LogP contribution in [-0.2, 0) is 6.54 Å². The van der Waals surface area contributed by atoms with Crippen LogP contribution in [0.2, 0.25) is 0 Å². The first-order valence-electron chi connectivity index (χ1n) is 10.4. The van der Waals surface area contributed by atoms with Crippen molar-refractivity contribution in [1.82, 2.24) is 24.8 Å². The molecule has 0 saturated carbocycles. The third-order valence-electron chi connectivity index (χ3n) is 5.66. The highest BCUT2D eigenvalue weighted by atomic mass is 19.1. The molecule has 1 fully saturated rings. The van der Waals surface area contributed by atoms with E-state index in [0.717, 1.165) is 18.6 Å². The second kappa shape index (κ2) is 8.53. The second-order valence-electron chi connectivity index (χ2n) is 7.80. The number of amides is 1. The van der Waals surface area contributed by atoms with E-state index in [-0.39, 0.29) is 23.6 Å². The summed E-state index contributed by atoms with van der Waals surface area (Å²) in [5, 5.41) is 2.71. The van der Waals surface area contributed by atoms with E-state index in [1.54, 1.807) is 17.0 Å². The molecule has 2 aromatic heterocycles. The summed E-state index contributed by atoms with van der Waals surface area (Å²) in [5.41, 5.74) is 1.55. The molecule has 2 aromatic carbocycles. The molecule has 5 rings (SSSR count). The summed E-state index contributed by atoms with van der Waals surface area (Å²) < 4.78 is 42.8. The molecule has 4 aromatic rings. The standard InChI is InChI=1S/C23H19F3N6O/c24-15-4-1-3-14(9-15)11-28-23(33)32-13-29-19-12-27-22(30-21(19)32)31-8-2-5-20(31)17-10-16(25)6-7-18(17)26/h1,3-4,6-7,9-10,12-13,20H,2,5,8,11H2,(H,28,33)/t20-/m1/s1. The Morgan fingerprint density at radius 3 is 2.79 bits per heavy atom. The van der Waals surface area contributed by atoms with Crippen molar-refractivity contribution in [3.63, 3.8) is 0 Å². The van der Waals surface area contributed by atoms with Gasteiger partial charge >= 0.3 is 6.03 Å². The van der Waals surface area contributed by atoms with Crippen molar-refractivity contribution in [2.75, 3.05) is 11.4 Å². The van der Waals surface area contributed by atoms with E-state index in [2.05, 4.69) is 20.3 Å². The fourth-order valence-electron chi connectivity index (χ4n) is 4.10. The lowest BCUT2D eigenvalue weighted by Gasteiger charge is -2.25. The predicted octanol–water partition coefficient (Wildman–Crippen LogP) is 4.34. The molecule has 3 heterocycles. The SMILES string of the molecule is O=C(NCc1cccc(F)c1)n1cnc2cnc(N3CCC[C@@H]3c3cc(F)ccc3F)nc21. The van der Waals surface area contributed by atoms with Gasteiger partial charge in [0.15, 0.2) is 5.65 Å². The van der Waals surface area contributed by atoms with Crippen LogP contribution in [0.15, 0.2) is 55.0 Å². The number of halogens is 3. The Morgan fingerprint density at radius 2 is 1.94 bits per heavy atom. The molecule has 33 heavy (non-hydrogen) atoms. The topological polar surface area (TPSA) is 75.9 Å². The van der Waals surface area contributed by atoms with Crippen LogP contribution in [0.1, 0.15) is 30.0 Å². The maximum absolute atomic E-state index is 14.4. The highest BCUT2D eigenvalue weighted by Gasteiger charge is 2.31. The normalized spacial score (nSPS) is 15.8. The molecule has 1 amide bonds. The molecule has 0 spiro atoms. The summed E-state index contributed by atoms with van der Waals surface area (Å²) in [5.74, 6) is -1.09. The van der Waals surface area contributed by atoms with E-state index < -0.39 is 23.7 Å². The van der Waals surface area contributed by atoms with Gasteiger partial charge in [-0.1, -0.05) is 12.1 Å². The fourth-order valence-corrected chi connectivity index (χ4v) is 4.10. The van der Waals surface area contributed by atoms with Crippen LogP contribution < -0.4 is 10.2 Å². The molecule has 0 bridgehead atoms. The number of anilines is 1. The van der Waals surface area contributed by atoms with Crippen molar-refractivity contribution in [1.29, 1.82) is 0 Å². The van der Waals surface area contributed by atoms with Crippen molar-refractivity contribution < 1.29 is 18.0 Å². The van der Waals surface area contributed by atoms with Crippen molar-refractivity contribution in [2.24, 2.45) is 0 Å². The first-order chi connectivity index (χ1) is 16.0. The molecule has 168 valence electrons. The minimum Gasteiger partial charge on any atom is -0.334 e. The van der Waals surface area contributed by atoms with Crippen molar-refractivity contribution in [3.8, 4) is 0 Å². The van der Waals surface area contributed by atoms with Crippen LogP contribution in [0, 0.1) is 17.5 Å². The summed E-state index contributed by atoms with van der Waals surface area (Å²) >= 11 is 0. The van der Waals surface area contributed by atoms with Crippen LogP contribution in [-0.4, -0.2) is 32.1 Å². The number of rotatable bonds is 4. The maximum atomic E-state index is 14.4. The van der Waals surface area contributed by atoms with Crippen molar-refractivity contribution in [3.05, 3.63) is 83.6 Å². The molecule has 1 saturated heterocycles. The quantitative estimate of drug-likeness (QED) is 0.499. The summed E-state index contributed by atoms with van der Waals surface area (Å²) in [6, 6.07) is 8.43. The van der Waals surface area contributed by atoms with E-state index in [1.165, 1.54) is 35.3 Å². The predicted molar refractivity (Wildman–Crippen MR) is 115 cm³/mol. The molecule has 0 aliphatic carbocycles. The lowest BCUT2D eigenvalue weighted by Crippen LogP contribution is -2.28. The lowest BCUT2D eigenvalue weighted by molar-refractivity contribution is 0.242. The van der Waals surface area contributed by atoms with Gasteiger partial charge in [0.2, 0.25) is 5.95 Å². The van der Waals surface area contributed by atoms with E-state index in [1.807, 2.05) is 0 Å². The van der Waals surface area contributed by atoms with Gasteiger partial charge in [-0.15, -0.1) is 0 Å². The molecule has 10 heteroatoms. The molecule has 0 radical (unpaired) electrons. The van der Waals surface area contributed by atoms with Crippen LogP contribution in [0.25, 0.3) is 11.2 Å². The zero-order valence-corrected chi connectivity index (χ0v) is 17.4. The van der Waals surface area contributed by atoms with Crippen molar-refractivity contribution >= 4 is 23.1 Å². The molecule has 0 unspecified atom stereocenters. The smallest absolute Gasteiger partial charge is 0.328 e. The Labute approximate surface area is 186 Å². The van der Waals surface area contributed by atoms with Crippen LogP contribution in [0.4, 0.5) is 23.9 Å². The zero-order chi connectivity index (χ0) is 22.9. The number of nitrogens with zero attached hydrogens (tertiary/aromatic N) is 5. The van der Waals surface area contributed by atoms with E-state index in [4.69, 9.17) is 0 Å². The van der Waals surface area contributed by atoms with Crippen LogP contribution in [0.3, 0.4) is 0 Å². The molecule has 1 aliphatic heterocycles. The van der Waals surface area contributed by atoms with Gasteiger partial charge in [-0.2, -0.15) is 4.98 Å². The fraction of sp³-hybridized carbons (Fsp3) is 0.217. The highest BCUT2D eigenvalue weighted by molar-refractivity contribution is 5.87. The first-order valence-corrected chi connectivity index (χ1v) is 10.4. The number of hydrogen-bond acceptors (Lipinski definition) is 5. The summed E-state index contributed by atoms with van der Waals surface area (Å²) in [6.45, 7) is 0.688. The number of imidazole rings is 1. The van der Waals surface area contributed by atoms with E-state index in [9.17, 15) is 18.0 Å². The van der Waals surface area contributed by atoms with Gasteiger partial charge in [-0.25, -0.2) is 32.5 Å². The molecule has 1 aliphatic rings. The zero-order valence-electron chi connectivity index (χ0n) is 17.4. The second-order valence-corrected chi connectivity index (χ2v) is 7.80. The minimum absolute atomic E-state index is 0.126. The first kappa shape index (κ1) is 20.9. The molecular formula is C23H19F3N6O. The average Bonchev–Trinajstić information content (AvgIpc) is 3.46. The third kappa shape index (κ3) is 4.11.